The van der Waals surface area contributed by atoms with Gasteiger partial charge in [0.25, 0.3) is 0 Å². The van der Waals surface area contributed by atoms with Gasteiger partial charge in [-0.25, -0.2) is 0 Å². The van der Waals surface area contributed by atoms with Gasteiger partial charge in [-0.15, -0.1) is 30.6 Å². The van der Waals surface area contributed by atoms with E-state index in [-0.39, 0.29) is 24.0 Å². The maximum Gasteiger partial charge on any atom is 0.193 e. The zero-order chi connectivity index (χ0) is 18.3. The zero-order valence-electron chi connectivity index (χ0n) is 17.4. The molecule has 1 fully saturated rings. The number of hydrogen-bond donors (Lipinski definition) is 1. The van der Waals surface area contributed by atoms with E-state index < -0.39 is 0 Å². The summed E-state index contributed by atoms with van der Waals surface area (Å²) in [5, 5.41) is 3.51. The van der Waals surface area contributed by atoms with Gasteiger partial charge in [-0.2, -0.15) is 0 Å². The van der Waals surface area contributed by atoms with Crippen LogP contribution in [0.25, 0.3) is 0 Å². The number of likely N-dealkylation sites (N-methyl/N-ethyl adjacent to an activating group) is 1. The molecule has 1 rings (SSSR count). The van der Waals surface area contributed by atoms with Crippen molar-refractivity contribution in [1.29, 1.82) is 0 Å². The Morgan fingerprint density at radius 1 is 1.08 bits per heavy atom. The molecule has 1 N–H and O–H groups in total. The first-order valence-electron chi connectivity index (χ1n) is 10.2. The van der Waals surface area contributed by atoms with Gasteiger partial charge >= 0.3 is 0 Å². The summed E-state index contributed by atoms with van der Waals surface area (Å²) in [4.78, 5) is 11.8. The van der Waals surface area contributed by atoms with E-state index in [1.807, 2.05) is 13.1 Å². The number of allylic oxidation sites excluding steroid dienone is 1. The Labute approximate surface area is 179 Å². The third kappa shape index (κ3) is 11.4. The van der Waals surface area contributed by atoms with Gasteiger partial charge in [0.1, 0.15) is 0 Å². The molecule has 0 aliphatic carbocycles. The SMILES string of the molecule is C=CCCCCCN(C)C(=NC)NCCCCN1CCN(CC)CC1.I. The largest absolute Gasteiger partial charge is 0.356 e. The molecule has 0 atom stereocenters. The van der Waals surface area contributed by atoms with Gasteiger partial charge in [-0.3, -0.25) is 4.99 Å². The molecule has 0 bridgehead atoms. The maximum absolute atomic E-state index is 4.41. The van der Waals surface area contributed by atoms with Crippen molar-refractivity contribution in [3.8, 4) is 0 Å². The molecule has 0 radical (unpaired) electrons. The summed E-state index contributed by atoms with van der Waals surface area (Å²) in [5.74, 6) is 1.03. The fourth-order valence-electron chi connectivity index (χ4n) is 3.29. The van der Waals surface area contributed by atoms with E-state index in [9.17, 15) is 0 Å². The molecule has 5 nitrogen and oxygen atoms in total. The van der Waals surface area contributed by atoms with Crippen molar-refractivity contribution < 1.29 is 0 Å². The molecule has 0 aromatic carbocycles. The summed E-state index contributed by atoms with van der Waals surface area (Å²) >= 11 is 0. The van der Waals surface area contributed by atoms with Crippen LogP contribution >= 0.6 is 24.0 Å². The quantitative estimate of drug-likeness (QED) is 0.153. The Balaban J connectivity index is 0.00000625. The minimum atomic E-state index is 0. The normalized spacial score (nSPS) is 16.2. The van der Waals surface area contributed by atoms with Gasteiger partial charge in [-0.05, 0) is 45.2 Å². The van der Waals surface area contributed by atoms with Crippen LogP contribution in [0.15, 0.2) is 17.6 Å². The second kappa shape index (κ2) is 16.8. The van der Waals surface area contributed by atoms with E-state index in [0.29, 0.717) is 0 Å². The molecule has 1 saturated heterocycles. The van der Waals surface area contributed by atoms with E-state index in [1.165, 1.54) is 71.4 Å². The number of hydrogen-bond acceptors (Lipinski definition) is 3. The monoisotopic (exact) mass is 479 g/mol. The van der Waals surface area contributed by atoms with E-state index in [2.05, 4.69) is 45.6 Å². The zero-order valence-corrected chi connectivity index (χ0v) is 19.7. The highest BCUT2D eigenvalue weighted by atomic mass is 127. The molecule has 6 heteroatoms. The molecule has 0 aromatic rings. The second-order valence-electron chi connectivity index (χ2n) is 7.02. The number of guanidine groups is 1. The summed E-state index contributed by atoms with van der Waals surface area (Å²) in [6, 6.07) is 0. The van der Waals surface area contributed by atoms with E-state index in [0.717, 1.165) is 25.5 Å². The van der Waals surface area contributed by atoms with Crippen LogP contribution in [0.5, 0.6) is 0 Å². The summed E-state index contributed by atoms with van der Waals surface area (Å²) < 4.78 is 0. The minimum absolute atomic E-state index is 0. The Morgan fingerprint density at radius 3 is 2.38 bits per heavy atom. The summed E-state index contributed by atoms with van der Waals surface area (Å²) in [7, 11) is 4.01. The van der Waals surface area contributed by atoms with E-state index in [4.69, 9.17) is 0 Å². The second-order valence-corrected chi connectivity index (χ2v) is 7.02. The third-order valence-electron chi connectivity index (χ3n) is 5.07. The Kier molecular flexibility index (Phi) is 16.6. The highest BCUT2D eigenvalue weighted by Crippen LogP contribution is 2.04. The van der Waals surface area contributed by atoms with Crippen LogP contribution in [0.1, 0.15) is 45.4 Å². The number of unbranched alkanes of at least 4 members (excludes halogenated alkanes) is 4. The van der Waals surface area contributed by atoms with Crippen LogP contribution in [0, 0.1) is 0 Å². The number of rotatable bonds is 12. The van der Waals surface area contributed by atoms with Crippen LogP contribution in [0.4, 0.5) is 0 Å². The first kappa shape index (κ1) is 25.7. The summed E-state index contributed by atoms with van der Waals surface area (Å²) in [5.41, 5.74) is 0. The number of nitrogens with zero attached hydrogens (tertiary/aromatic N) is 4. The molecule has 0 amide bonds. The molecule has 1 aliphatic rings. The summed E-state index contributed by atoms with van der Waals surface area (Å²) in [6.07, 6.45) is 9.34. The van der Waals surface area contributed by atoms with Crippen molar-refractivity contribution in [3.05, 3.63) is 12.7 Å². The third-order valence-corrected chi connectivity index (χ3v) is 5.07. The van der Waals surface area contributed by atoms with Gasteiger partial charge in [0.2, 0.25) is 0 Å². The fraction of sp³-hybridized carbons (Fsp3) is 0.850. The number of halogens is 1. The number of piperazine rings is 1. The smallest absolute Gasteiger partial charge is 0.193 e. The van der Waals surface area contributed by atoms with Crippen LogP contribution in [0.2, 0.25) is 0 Å². The molecule has 0 saturated carbocycles. The number of nitrogens with one attached hydrogen (secondary N) is 1. The Hall–Kier alpha value is -0.340. The molecule has 1 aliphatic heterocycles. The van der Waals surface area contributed by atoms with Crippen LogP contribution in [-0.4, -0.2) is 87.1 Å². The highest BCUT2D eigenvalue weighted by Gasteiger charge is 2.14. The first-order valence-corrected chi connectivity index (χ1v) is 10.2. The predicted molar refractivity (Wildman–Crippen MR) is 126 cm³/mol. The van der Waals surface area contributed by atoms with Crippen LogP contribution in [-0.2, 0) is 0 Å². The maximum atomic E-state index is 4.41. The van der Waals surface area contributed by atoms with Crippen molar-refractivity contribution in [2.45, 2.75) is 45.4 Å². The molecule has 0 unspecified atom stereocenters. The van der Waals surface area contributed by atoms with Crippen LogP contribution < -0.4 is 5.32 Å². The van der Waals surface area contributed by atoms with E-state index in [1.54, 1.807) is 0 Å². The molecule has 154 valence electrons. The van der Waals surface area contributed by atoms with Gasteiger partial charge < -0.3 is 20.0 Å². The average Bonchev–Trinajstić information content (AvgIpc) is 2.64. The molecule has 0 spiro atoms. The molecular weight excluding hydrogens is 437 g/mol. The van der Waals surface area contributed by atoms with Gasteiger partial charge in [0.15, 0.2) is 5.96 Å². The van der Waals surface area contributed by atoms with Gasteiger partial charge in [-0.1, -0.05) is 19.4 Å². The Bertz CT molecular complexity index is 367. The van der Waals surface area contributed by atoms with Gasteiger partial charge in [0.05, 0.1) is 0 Å². The summed E-state index contributed by atoms with van der Waals surface area (Å²) in [6.45, 7) is 15.5. The predicted octanol–water partition coefficient (Wildman–Crippen LogP) is 3.28. The first-order chi connectivity index (χ1) is 12.2. The Morgan fingerprint density at radius 2 is 1.77 bits per heavy atom. The van der Waals surface area contributed by atoms with Crippen molar-refractivity contribution >= 4 is 29.9 Å². The van der Waals surface area contributed by atoms with Crippen molar-refractivity contribution in [1.82, 2.24) is 20.0 Å². The fourth-order valence-corrected chi connectivity index (χ4v) is 3.29. The minimum Gasteiger partial charge on any atom is -0.356 e. The molecule has 1 heterocycles. The van der Waals surface area contributed by atoms with Crippen LogP contribution in [0.3, 0.4) is 0 Å². The standard InChI is InChI=1S/C20H41N5.HI/c1-5-7-8-9-11-14-23(4)20(21-3)22-13-10-12-15-25-18-16-24(6-2)17-19-25;/h5H,1,6-19H2,2-4H3,(H,21,22);1H. The topological polar surface area (TPSA) is 34.1 Å². The lowest BCUT2D eigenvalue weighted by Crippen LogP contribution is -2.46. The molecule has 26 heavy (non-hydrogen) atoms. The van der Waals surface area contributed by atoms with Crippen molar-refractivity contribution in [3.63, 3.8) is 0 Å². The lowest BCUT2D eigenvalue weighted by atomic mass is 10.2. The average molecular weight is 479 g/mol. The van der Waals surface area contributed by atoms with Crippen molar-refractivity contribution in [2.75, 3.05) is 66.5 Å². The lowest BCUT2D eigenvalue weighted by Gasteiger charge is -2.34. The highest BCUT2D eigenvalue weighted by molar-refractivity contribution is 14.0. The van der Waals surface area contributed by atoms with Gasteiger partial charge in [0, 0.05) is 53.4 Å². The van der Waals surface area contributed by atoms with E-state index >= 15 is 0 Å². The molecular formula is C20H42IN5. The number of aliphatic imine (C=N–C) groups is 1. The lowest BCUT2D eigenvalue weighted by molar-refractivity contribution is 0.136. The van der Waals surface area contributed by atoms with Crippen molar-refractivity contribution in [2.24, 2.45) is 4.99 Å². The molecule has 0 aromatic heterocycles.